The second kappa shape index (κ2) is 7.67. The Labute approximate surface area is 115 Å². The molecule has 0 saturated heterocycles. The van der Waals surface area contributed by atoms with Crippen molar-refractivity contribution in [3.63, 3.8) is 0 Å². The fourth-order valence-electron chi connectivity index (χ4n) is 1.46. The first kappa shape index (κ1) is 15.4. The zero-order valence-corrected chi connectivity index (χ0v) is 11.7. The zero-order valence-electron chi connectivity index (χ0n) is 10.9. The van der Waals surface area contributed by atoms with E-state index < -0.39 is 18.0 Å². The number of hydrogen-bond acceptors (Lipinski definition) is 4. The predicted octanol–water partition coefficient (Wildman–Crippen LogP) is 0.757. The molecule has 19 heavy (non-hydrogen) atoms. The van der Waals surface area contributed by atoms with Crippen LogP contribution in [0.3, 0.4) is 0 Å². The fraction of sp³-hybridized carbons (Fsp3) is 0.545. The lowest BCUT2D eigenvalue weighted by molar-refractivity contribution is -0.139. The lowest BCUT2D eigenvalue weighted by Gasteiger charge is -2.20. The monoisotopic (exact) mass is 286 g/mol. The number of aliphatic carboxylic acids is 1. The number of carboxylic acid groups (broad SMARTS) is 1. The van der Waals surface area contributed by atoms with Crippen molar-refractivity contribution in [3.8, 4) is 0 Å². The molecule has 0 unspecified atom stereocenters. The summed E-state index contributed by atoms with van der Waals surface area (Å²) in [6.45, 7) is 0.372. The van der Waals surface area contributed by atoms with Gasteiger partial charge in [0, 0.05) is 18.8 Å². The van der Waals surface area contributed by atoms with Crippen LogP contribution in [0.1, 0.15) is 12.0 Å². The predicted molar refractivity (Wildman–Crippen MR) is 73.0 cm³/mol. The third-order valence-corrected chi connectivity index (χ3v) is 3.17. The molecule has 0 aliphatic carbocycles. The molecule has 0 spiro atoms. The molecule has 0 aromatic carbocycles. The highest BCUT2D eigenvalue weighted by Gasteiger charge is 2.21. The second-order valence-corrected chi connectivity index (χ2v) is 5.07. The van der Waals surface area contributed by atoms with Crippen LogP contribution in [-0.2, 0) is 11.3 Å². The molecule has 1 heterocycles. The van der Waals surface area contributed by atoms with Crippen molar-refractivity contribution in [2.75, 3.05) is 19.1 Å². The normalized spacial score (nSPS) is 11.9. The molecule has 106 valence electrons. The van der Waals surface area contributed by atoms with E-state index in [-0.39, 0.29) is 0 Å². The third-order valence-electron chi connectivity index (χ3n) is 2.53. The minimum Gasteiger partial charge on any atom is -0.480 e. The first-order chi connectivity index (χ1) is 9.04. The van der Waals surface area contributed by atoms with Gasteiger partial charge in [0.1, 0.15) is 6.04 Å². The molecule has 0 aliphatic rings. The number of nitrogens with zero attached hydrogens (tertiary/aromatic N) is 2. The van der Waals surface area contributed by atoms with Crippen LogP contribution in [0.4, 0.5) is 4.79 Å². The van der Waals surface area contributed by atoms with Gasteiger partial charge < -0.3 is 15.3 Å². The number of aromatic amines is 1. The van der Waals surface area contributed by atoms with E-state index in [0.717, 1.165) is 5.56 Å². The maximum atomic E-state index is 11.9. The molecule has 0 bridgehead atoms. The van der Waals surface area contributed by atoms with E-state index in [9.17, 15) is 9.59 Å². The van der Waals surface area contributed by atoms with E-state index in [1.54, 1.807) is 31.2 Å². The summed E-state index contributed by atoms with van der Waals surface area (Å²) >= 11 is 1.55. The van der Waals surface area contributed by atoms with Crippen molar-refractivity contribution >= 4 is 23.8 Å². The fourth-order valence-corrected chi connectivity index (χ4v) is 1.93. The summed E-state index contributed by atoms with van der Waals surface area (Å²) in [5.41, 5.74) is 0.855. The molecule has 0 fully saturated rings. The summed E-state index contributed by atoms with van der Waals surface area (Å²) in [5, 5.41) is 18.0. The molecule has 0 radical (unpaired) electrons. The Morgan fingerprint density at radius 1 is 1.63 bits per heavy atom. The van der Waals surface area contributed by atoms with Crippen LogP contribution in [0.15, 0.2) is 12.4 Å². The summed E-state index contributed by atoms with van der Waals surface area (Å²) in [7, 11) is 1.61. The summed E-state index contributed by atoms with van der Waals surface area (Å²) in [5.74, 6) is -0.331. The van der Waals surface area contributed by atoms with Crippen molar-refractivity contribution in [2.24, 2.45) is 0 Å². The first-order valence-corrected chi connectivity index (χ1v) is 7.15. The van der Waals surface area contributed by atoms with Gasteiger partial charge >= 0.3 is 12.0 Å². The number of H-pyrrole nitrogens is 1. The van der Waals surface area contributed by atoms with Crippen molar-refractivity contribution < 1.29 is 14.7 Å². The highest BCUT2D eigenvalue weighted by atomic mass is 32.2. The number of hydrogen-bond donors (Lipinski definition) is 3. The molecule has 0 saturated carbocycles. The van der Waals surface area contributed by atoms with Crippen LogP contribution in [0, 0.1) is 0 Å². The molecular formula is C11H18N4O3S. The van der Waals surface area contributed by atoms with Gasteiger partial charge in [-0.2, -0.15) is 16.9 Å². The van der Waals surface area contributed by atoms with Gasteiger partial charge in [-0.15, -0.1) is 0 Å². The smallest absolute Gasteiger partial charge is 0.326 e. The molecule has 8 heteroatoms. The van der Waals surface area contributed by atoms with Crippen LogP contribution in [-0.4, -0.2) is 57.3 Å². The van der Waals surface area contributed by atoms with E-state index in [0.29, 0.717) is 18.7 Å². The SMILES string of the molecule is CSCC[C@H](NC(=O)N(C)Cc1cn[nH]c1)C(=O)O. The Morgan fingerprint density at radius 3 is 2.89 bits per heavy atom. The largest absolute Gasteiger partial charge is 0.480 e. The molecule has 1 aromatic heterocycles. The third kappa shape index (κ3) is 5.21. The highest BCUT2D eigenvalue weighted by Crippen LogP contribution is 2.04. The van der Waals surface area contributed by atoms with Gasteiger partial charge in [0.2, 0.25) is 0 Å². The number of thioether (sulfide) groups is 1. The Bertz CT molecular complexity index is 410. The molecule has 1 atom stereocenters. The maximum Gasteiger partial charge on any atom is 0.326 e. The number of amides is 2. The summed E-state index contributed by atoms with van der Waals surface area (Å²) < 4.78 is 0. The van der Waals surface area contributed by atoms with Crippen LogP contribution in [0.25, 0.3) is 0 Å². The number of rotatable bonds is 7. The van der Waals surface area contributed by atoms with Gasteiger partial charge in [0.15, 0.2) is 0 Å². The quantitative estimate of drug-likeness (QED) is 0.687. The van der Waals surface area contributed by atoms with Gasteiger partial charge in [-0.05, 0) is 18.4 Å². The molecular weight excluding hydrogens is 268 g/mol. The summed E-state index contributed by atoms with van der Waals surface area (Å²) in [6, 6.07) is -1.26. The number of nitrogens with one attached hydrogen (secondary N) is 2. The number of carboxylic acids is 1. The van der Waals surface area contributed by atoms with Crippen molar-refractivity contribution in [3.05, 3.63) is 18.0 Å². The Morgan fingerprint density at radius 2 is 2.37 bits per heavy atom. The maximum absolute atomic E-state index is 11.9. The molecule has 7 nitrogen and oxygen atoms in total. The summed E-state index contributed by atoms with van der Waals surface area (Å²) in [4.78, 5) is 24.3. The Kier molecular flexibility index (Phi) is 6.20. The van der Waals surface area contributed by atoms with Crippen LogP contribution >= 0.6 is 11.8 Å². The van der Waals surface area contributed by atoms with Gasteiger partial charge in [-0.25, -0.2) is 9.59 Å². The Hall–Kier alpha value is -1.70. The molecule has 3 N–H and O–H groups in total. The number of urea groups is 1. The van der Waals surface area contributed by atoms with Crippen LogP contribution in [0.5, 0.6) is 0 Å². The average Bonchev–Trinajstić information content (AvgIpc) is 2.86. The second-order valence-electron chi connectivity index (χ2n) is 4.08. The van der Waals surface area contributed by atoms with E-state index in [1.807, 2.05) is 6.26 Å². The minimum atomic E-state index is -1.01. The topological polar surface area (TPSA) is 98.3 Å². The van der Waals surface area contributed by atoms with Crippen LogP contribution < -0.4 is 5.32 Å². The first-order valence-electron chi connectivity index (χ1n) is 5.75. The minimum absolute atomic E-state index is 0.372. The zero-order chi connectivity index (χ0) is 14.3. The number of carbonyl (C=O) groups is 2. The Balaban J connectivity index is 2.48. The lowest BCUT2D eigenvalue weighted by atomic mass is 10.2. The average molecular weight is 286 g/mol. The van der Waals surface area contributed by atoms with Crippen molar-refractivity contribution in [1.82, 2.24) is 20.4 Å². The molecule has 0 aliphatic heterocycles. The van der Waals surface area contributed by atoms with Gasteiger partial charge in [0.05, 0.1) is 12.7 Å². The van der Waals surface area contributed by atoms with Gasteiger partial charge in [0.25, 0.3) is 0 Å². The van der Waals surface area contributed by atoms with Crippen molar-refractivity contribution in [1.29, 1.82) is 0 Å². The van der Waals surface area contributed by atoms with E-state index >= 15 is 0 Å². The molecule has 1 aromatic rings. The van der Waals surface area contributed by atoms with Gasteiger partial charge in [-0.1, -0.05) is 0 Å². The highest BCUT2D eigenvalue weighted by molar-refractivity contribution is 7.98. The number of aromatic nitrogens is 2. The standard InChI is InChI=1S/C11H18N4O3S/c1-15(7-8-5-12-13-6-8)11(18)14-9(10(16)17)3-4-19-2/h5-6,9H,3-4,7H2,1-2H3,(H,12,13)(H,14,18)(H,16,17)/t9-/m0/s1. The van der Waals surface area contributed by atoms with E-state index in [4.69, 9.17) is 5.11 Å². The lowest BCUT2D eigenvalue weighted by Crippen LogP contribution is -2.46. The molecule has 1 rings (SSSR count). The van der Waals surface area contributed by atoms with Gasteiger partial charge in [-0.3, -0.25) is 5.10 Å². The van der Waals surface area contributed by atoms with Crippen LogP contribution in [0.2, 0.25) is 0 Å². The van der Waals surface area contributed by atoms with E-state index in [1.165, 1.54) is 4.90 Å². The van der Waals surface area contributed by atoms with E-state index in [2.05, 4.69) is 15.5 Å². The molecule has 2 amide bonds. The van der Waals surface area contributed by atoms with Crippen molar-refractivity contribution in [2.45, 2.75) is 19.0 Å². The number of carbonyl (C=O) groups excluding carboxylic acids is 1. The summed E-state index contributed by atoms with van der Waals surface area (Å²) in [6.07, 6.45) is 5.60.